The van der Waals surface area contributed by atoms with Crippen LogP contribution < -0.4 is 4.74 Å². The molecule has 1 aromatic carbocycles. The SMILES string of the molecule is Clc1ccc(OC(c2cccs2)n2cncn2)cc1. The van der Waals surface area contributed by atoms with E-state index in [2.05, 4.69) is 10.1 Å². The monoisotopic (exact) mass is 291 g/mol. The Morgan fingerprint density at radius 3 is 2.68 bits per heavy atom. The molecule has 0 saturated heterocycles. The minimum absolute atomic E-state index is 0.316. The van der Waals surface area contributed by atoms with Gasteiger partial charge >= 0.3 is 0 Å². The van der Waals surface area contributed by atoms with Crippen molar-refractivity contribution < 1.29 is 4.74 Å². The van der Waals surface area contributed by atoms with Crippen LogP contribution in [-0.2, 0) is 0 Å². The Balaban J connectivity index is 1.90. The Morgan fingerprint density at radius 1 is 1.21 bits per heavy atom. The van der Waals surface area contributed by atoms with Gasteiger partial charge in [0.15, 0.2) is 0 Å². The standard InChI is InChI=1S/C13H10ClN3OS/c14-10-3-5-11(6-4-10)18-13(12-2-1-7-19-12)17-9-15-8-16-17/h1-9,13H. The van der Waals surface area contributed by atoms with Gasteiger partial charge in [0.25, 0.3) is 0 Å². The van der Waals surface area contributed by atoms with Crippen LogP contribution in [0, 0.1) is 0 Å². The van der Waals surface area contributed by atoms with Gasteiger partial charge in [0, 0.05) is 5.02 Å². The number of benzene rings is 1. The molecule has 0 aliphatic rings. The second kappa shape index (κ2) is 5.42. The molecule has 0 amide bonds. The first kappa shape index (κ1) is 12.2. The van der Waals surface area contributed by atoms with E-state index in [9.17, 15) is 0 Å². The lowest BCUT2D eigenvalue weighted by molar-refractivity contribution is 0.162. The molecule has 0 fully saturated rings. The van der Waals surface area contributed by atoms with Crippen molar-refractivity contribution in [2.24, 2.45) is 0 Å². The lowest BCUT2D eigenvalue weighted by atomic mass is 10.3. The van der Waals surface area contributed by atoms with Gasteiger partial charge in [-0.2, -0.15) is 5.10 Å². The Kier molecular flexibility index (Phi) is 3.48. The quantitative estimate of drug-likeness (QED) is 0.737. The molecule has 1 atom stereocenters. The highest BCUT2D eigenvalue weighted by Crippen LogP contribution is 2.26. The molecule has 4 nitrogen and oxygen atoms in total. The van der Waals surface area contributed by atoms with E-state index in [1.54, 1.807) is 34.5 Å². The first-order chi connectivity index (χ1) is 9.33. The summed E-state index contributed by atoms with van der Waals surface area (Å²) < 4.78 is 7.65. The normalized spacial score (nSPS) is 12.3. The highest BCUT2D eigenvalue weighted by atomic mass is 35.5. The van der Waals surface area contributed by atoms with E-state index in [1.807, 2.05) is 29.6 Å². The second-order valence-electron chi connectivity index (χ2n) is 3.82. The van der Waals surface area contributed by atoms with Crippen LogP contribution in [0.3, 0.4) is 0 Å². The molecule has 0 radical (unpaired) electrons. The fourth-order valence-corrected chi connectivity index (χ4v) is 2.52. The minimum Gasteiger partial charge on any atom is -0.464 e. The molecule has 2 heterocycles. The van der Waals surface area contributed by atoms with Crippen molar-refractivity contribution in [3.8, 4) is 5.75 Å². The van der Waals surface area contributed by atoms with Crippen LogP contribution >= 0.6 is 22.9 Å². The lowest BCUT2D eigenvalue weighted by Gasteiger charge is -2.17. The third-order valence-electron chi connectivity index (χ3n) is 2.52. The zero-order valence-corrected chi connectivity index (χ0v) is 11.4. The molecule has 0 bridgehead atoms. The van der Waals surface area contributed by atoms with Gasteiger partial charge in [-0.05, 0) is 35.7 Å². The van der Waals surface area contributed by atoms with Crippen molar-refractivity contribution in [1.82, 2.24) is 14.8 Å². The van der Waals surface area contributed by atoms with E-state index in [0.29, 0.717) is 5.02 Å². The number of hydrogen-bond donors (Lipinski definition) is 0. The number of thiophene rings is 1. The number of halogens is 1. The van der Waals surface area contributed by atoms with Gasteiger partial charge < -0.3 is 4.74 Å². The summed E-state index contributed by atoms with van der Waals surface area (Å²) in [6.45, 7) is 0. The minimum atomic E-state index is -0.316. The second-order valence-corrected chi connectivity index (χ2v) is 5.23. The van der Waals surface area contributed by atoms with Crippen molar-refractivity contribution in [3.05, 3.63) is 64.3 Å². The molecule has 0 saturated carbocycles. The zero-order valence-electron chi connectivity index (χ0n) is 9.81. The van der Waals surface area contributed by atoms with Gasteiger partial charge in [-0.25, -0.2) is 9.67 Å². The topological polar surface area (TPSA) is 39.9 Å². The molecular weight excluding hydrogens is 282 g/mol. The Labute approximate surface area is 119 Å². The number of hydrogen-bond acceptors (Lipinski definition) is 4. The molecule has 19 heavy (non-hydrogen) atoms. The van der Waals surface area contributed by atoms with Gasteiger partial charge in [0.2, 0.25) is 6.23 Å². The number of rotatable bonds is 4. The van der Waals surface area contributed by atoms with Gasteiger partial charge in [-0.15, -0.1) is 11.3 Å². The predicted molar refractivity (Wildman–Crippen MR) is 74.6 cm³/mol. The van der Waals surface area contributed by atoms with Crippen LogP contribution in [-0.4, -0.2) is 14.8 Å². The Hall–Kier alpha value is -1.85. The van der Waals surface area contributed by atoms with Gasteiger partial charge in [-0.1, -0.05) is 17.7 Å². The number of ether oxygens (including phenoxy) is 1. The molecule has 0 aliphatic heterocycles. The number of nitrogens with zero attached hydrogens (tertiary/aromatic N) is 3. The van der Waals surface area contributed by atoms with Crippen LogP contribution in [0.2, 0.25) is 5.02 Å². The van der Waals surface area contributed by atoms with Crippen LogP contribution in [0.15, 0.2) is 54.4 Å². The number of aromatic nitrogens is 3. The van der Waals surface area contributed by atoms with Crippen LogP contribution in [0.25, 0.3) is 0 Å². The molecule has 96 valence electrons. The average molecular weight is 292 g/mol. The molecule has 3 rings (SSSR count). The maximum atomic E-state index is 5.97. The van der Waals surface area contributed by atoms with Crippen molar-refractivity contribution in [2.75, 3.05) is 0 Å². The fraction of sp³-hybridized carbons (Fsp3) is 0.0769. The Bertz CT molecular complexity index is 588. The van der Waals surface area contributed by atoms with E-state index in [1.165, 1.54) is 6.33 Å². The first-order valence-corrected chi connectivity index (χ1v) is 6.88. The summed E-state index contributed by atoms with van der Waals surface area (Å²) in [5.41, 5.74) is 0. The first-order valence-electron chi connectivity index (χ1n) is 5.63. The van der Waals surface area contributed by atoms with Crippen LogP contribution in [0.4, 0.5) is 0 Å². The average Bonchev–Trinajstić information content (AvgIpc) is 3.11. The summed E-state index contributed by atoms with van der Waals surface area (Å²) >= 11 is 7.48. The maximum absolute atomic E-state index is 5.97. The van der Waals surface area contributed by atoms with Crippen molar-refractivity contribution in [3.63, 3.8) is 0 Å². The summed E-state index contributed by atoms with van der Waals surface area (Å²) in [5.74, 6) is 0.735. The van der Waals surface area contributed by atoms with E-state index in [0.717, 1.165) is 10.6 Å². The fourth-order valence-electron chi connectivity index (χ4n) is 1.65. The van der Waals surface area contributed by atoms with E-state index >= 15 is 0 Å². The summed E-state index contributed by atoms with van der Waals surface area (Å²) in [7, 11) is 0. The molecule has 6 heteroatoms. The summed E-state index contributed by atoms with van der Waals surface area (Å²) in [4.78, 5) is 5.02. The van der Waals surface area contributed by atoms with Gasteiger partial charge in [0.1, 0.15) is 18.4 Å². The van der Waals surface area contributed by atoms with Crippen molar-refractivity contribution in [1.29, 1.82) is 0 Å². The highest BCUT2D eigenvalue weighted by molar-refractivity contribution is 7.10. The maximum Gasteiger partial charge on any atom is 0.228 e. The summed E-state index contributed by atoms with van der Waals surface area (Å²) in [6.07, 6.45) is 2.82. The third kappa shape index (κ3) is 2.77. The summed E-state index contributed by atoms with van der Waals surface area (Å²) in [6, 6.07) is 11.2. The molecule has 0 aliphatic carbocycles. The zero-order chi connectivity index (χ0) is 13.1. The molecular formula is C13H10ClN3OS. The molecule has 3 aromatic rings. The summed E-state index contributed by atoms with van der Waals surface area (Å²) in [5, 5.41) is 6.83. The van der Waals surface area contributed by atoms with Gasteiger partial charge in [0.05, 0.1) is 4.88 Å². The largest absolute Gasteiger partial charge is 0.464 e. The van der Waals surface area contributed by atoms with Crippen molar-refractivity contribution in [2.45, 2.75) is 6.23 Å². The molecule has 0 spiro atoms. The molecule has 1 unspecified atom stereocenters. The van der Waals surface area contributed by atoms with Crippen LogP contribution in [0.5, 0.6) is 5.75 Å². The smallest absolute Gasteiger partial charge is 0.228 e. The lowest BCUT2D eigenvalue weighted by Crippen LogP contribution is -2.16. The predicted octanol–water partition coefficient (Wildman–Crippen LogP) is 3.62. The third-order valence-corrected chi connectivity index (χ3v) is 3.68. The van der Waals surface area contributed by atoms with E-state index < -0.39 is 0 Å². The molecule has 2 aromatic heterocycles. The highest BCUT2D eigenvalue weighted by Gasteiger charge is 2.17. The van der Waals surface area contributed by atoms with Gasteiger partial charge in [-0.3, -0.25) is 0 Å². The van der Waals surface area contributed by atoms with Crippen LogP contribution in [0.1, 0.15) is 11.1 Å². The van der Waals surface area contributed by atoms with Crippen molar-refractivity contribution >= 4 is 22.9 Å². The molecule has 0 N–H and O–H groups in total. The Morgan fingerprint density at radius 2 is 2.05 bits per heavy atom. The van der Waals surface area contributed by atoms with E-state index in [4.69, 9.17) is 16.3 Å². The van der Waals surface area contributed by atoms with E-state index in [-0.39, 0.29) is 6.23 Å².